The number of pyridine rings is 2. The van der Waals surface area contributed by atoms with Crippen molar-refractivity contribution in [3.05, 3.63) is 111 Å². The van der Waals surface area contributed by atoms with Crippen LogP contribution in [0, 0.1) is 15.5 Å². The Labute approximate surface area is 367 Å². The van der Waals surface area contributed by atoms with E-state index in [4.69, 9.17) is 26.1 Å². The van der Waals surface area contributed by atoms with Gasteiger partial charge in [-0.1, -0.05) is 35.7 Å². The van der Waals surface area contributed by atoms with Crippen LogP contribution >= 0.6 is 20.2 Å². The van der Waals surface area contributed by atoms with Gasteiger partial charge < -0.3 is 24.7 Å². The first-order valence-corrected chi connectivity index (χ1v) is 24.4. The van der Waals surface area contributed by atoms with E-state index < -0.39 is 31.4 Å². The zero-order chi connectivity index (χ0) is 43.3. The van der Waals surface area contributed by atoms with Gasteiger partial charge in [0.25, 0.3) is 21.6 Å². The van der Waals surface area contributed by atoms with Gasteiger partial charge >= 0.3 is 0 Å². The largest absolute Gasteiger partial charge is 0.436 e. The number of rotatable bonds is 17. The Kier molecular flexibility index (Phi) is 13.4. The van der Waals surface area contributed by atoms with Crippen molar-refractivity contribution in [3.63, 3.8) is 0 Å². The van der Waals surface area contributed by atoms with Crippen molar-refractivity contribution in [1.29, 1.82) is 0 Å². The molecule has 0 radical (unpaired) electrons. The number of hydrogen-bond acceptors (Lipinski definition) is 12. The molecule has 0 bridgehead atoms. The molecule has 5 aromatic rings. The maximum Gasteiger partial charge on any atom is 0.293 e. The fourth-order valence-electron chi connectivity index (χ4n) is 8.49. The van der Waals surface area contributed by atoms with Crippen molar-refractivity contribution >= 4 is 69.9 Å². The van der Waals surface area contributed by atoms with Crippen LogP contribution in [0.25, 0.3) is 16.6 Å². The van der Waals surface area contributed by atoms with E-state index in [0.717, 1.165) is 63.7 Å². The second-order valence-electron chi connectivity index (χ2n) is 16.1. The van der Waals surface area contributed by atoms with Crippen LogP contribution in [0.2, 0.25) is 5.02 Å². The number of ether oxygens (including phenoxy) is 2. The van der Waals surface area contributed by atoms with E-state index in [-0.39, 0.29) is 23.7 Å². The quantitative estimate of drug-likeness (QED) is 0.0353. The predicted octanol–water partition coefficient (Wildman–Crippen LogP) is 8.10. The summed E-state index contributed by atoms with van der Waals surface area (Å²) in [7, 11) is -3.82. The number of hydrogen-bond donors (Lipinski definition) is 3. The summed E-state index contributed by atoms with van der Waals surface area (Å²) in [5.74, 6) is -0.281. The first kappa shape index (κ1) is 43.5. The smallest absolute Gasteiger partial charge is 0.293 e. The Morgan fingerprint density at radius 2 is 1.84 bits per heavy atom. The van der Waals surface area contributed by atoms with Crippen LogP contribution in [0.1, 0.15) is 54.4 Å². The summed E-state index contributed by atoms with van der Waals surface area (Å²) >= 11 is 6.27. The van der Waals surface area contributed by atoms with Crippen LogP contribution in [0.3, 0.4) is 0 Å². The SMILES string of the molecule is CPCCOCCNc1ccc(S(=O)(=O)NC(=O)c2ccc(N3CCN(CC4=C(c5ccc(Cl)cc5)CC5(CCC5)CC4)CC3)nc2Oc2cnc3[nH]ccc3c2)cc1[N+](=O)[O-]. The molecule has 1 amide bonds. The molecular weight excluding hydrogens is 851 g/mol. The van der Waals surface area contributed by atoms with Gasteiger partial charge in [0.2, 0.25) is 5.88 Å². The molecule has 3 aromatic heterocycles. The molecule has 1 saturated carbocycles. The van der Waals surface area contributed by atoms with Crippen molar-refractivity contribution in [2.24, 2.45) is 5.41 Å². The molecule has 4 heterocycles. The lowest BCUT2D eigenvalue weighted by molar-refractivity contribution is -0.384. The molecule has 2 fully saturated rings. The number of piperazine rings is 1. The molecule has 1 spiro atoms. The Bertz CT molecular complexity index is 2580. The number of nitrogens with one attached hydrogen (secondary N) is 3. The fraction of sp³-hybridized carbons (Fsp3) is 0.386. The first-order chi connectivity index (χ1) is 30.0. The summed E-state index contributed by atoms with van der Waals surface area (Å²) in [6, 6.07) is 18.4. The zero-order valence-corrected chi connectivity index (χ0v) is 37.1. The molecule has 2 aliphatic carbocycles. The van der Waals surface area contributed by atoms with Crippen LogP contribution in [0.15, 0.2) is 89.6 Å². The third-order valence-corrected chi connectivity index (χ3v) is 14.4. The second kappa shape index (κ2) is 19.1. The van der Waals surface area contributed by atoms with E-state index in [2.05, 4.69) is 48.6 Å². The highest BCUT2D eigenvalue weighted by atomic mass is 35.5. The monoisotopic (exact) mass is 900 g/mol. The number of nitrogens with zero attached hydrogens (tertiary/aromatic N) is 5. The number of anilines is 2. The maximum absolute atomic E-state index is 13.9. The topological polar surface area (TPSA) is 185 Å². The van der Waals surface area contributed by atoms with Crippen LogP contribution in [0.5, 0.6) is 11.6 Å². The Morgan fingerprint density at radius 3 is 2.58 bits per heavy atom. The van der Waals surface area contributed by atoms with Gasteiger partial charge in [-0.3, -0.25) is 19.8 Å². The molecule has 15 nitrogen and oxygen atoms in total. The van der Waals surface area contributed by atoms with E-state index in [9.17, 15) is 23.3 Å². The van der Waals surface area contributed by atoms with Crippen LogP contribution in [-0.2, 0) is 14.8 Å². The number of benzene rings is 2. The van der Waals surface area contributed by atoms with Gasteiger partial charge in [-0.2, -0.15) is 4.98 Å². The molecule has 1 unspecified atom stereocenters. The fourth-order valence-corrected chi connectivity index (χ4v) is 9.95. The number of aromatic nitrogens is 3. The number of carbonyl (C=O) groups excluding carboxylic acids is 1. The number of fused-ring (bicyclic) bond motifs is 1. The van der Waals surface area contributed by atoms with Crippen LogP contribution in [0.4, 0.5) is 17.2 Å². The number of nitro groups is 1. The molecule has 62 heavy (non-hydrogen) atoms. The Morgan fingerprint density at radius 1 is 1.03 bits per heavy atom. The number of sulfonamides is 1. The molecule has 3 N–H and O–H groups in total. The summed E-state index contributed by atoms with van der Waals surface area (Å²) in [4.78, 5) is 41.5. The summed E-state index contributed by atoms with van der Waals surface area (Å²) in [6.07, 6.45) is 11.5. The number of amides is 1. The third kappa shape index (κ3) is 10.1. The molecule has 18 heteroatoms. The van der Waals surface area contributed by atoms with E-state index in [1.807, 2.05) is 18.2 Å². The molecule has 3 aliphatic rings. The molecule has 2 aromatic carbocycles. The minimum Gasteiger partial charge on any atom is -0.436 e. The van der Waals surface area contributed by atoms with E-state index in [1.165, 1.54) is 66.8 Å². The van der Waals surface area contributed by atoms with Gasteiger partial charge in [0, 0.05) is 61.9 Å². The van der Waals surface area contributed by atoms with Crippen molar-refractivity contribution in [2.75, 3.05) is 75.5 Å². The average Bonchev–Trinajstić information content (AvgIpc) is 3.73. The van der Waals surface area contributed by atoms with Crippen molar-refractivity contribution in [2.45, 2.75) is 43.4 Å². The number of nitro benzene ring substituents is 1. The first-order valence-electron chi connectivity index (χ1n) is 20.9. The number of halogens is 1. The standard InChI is InChI=1S/C44H50ClN8O7PS/c1-61-24-23-59-22-17-46-38-9-7-35(26-39(38)53(55)56)62(57,58)50-42(54)36-8-10-40(49-43(36)60-34-25-31-12-16-47-41(31)48-28-34)52-20-18-51(19-21-52)29-32-11-15-44(13-2-14-44)27-37(32)30-3-5-33(45)6-4-30/h3-10,12,16,25-26,28,46,61H,2,11,13-15,17-24,27,29H2,1H3,(H,47,48)(H,50,54). The van der Waals surface area contributed by atoms with Crippen molar-refractivity contribution < 1.29 is 27.6 Å². The normalized spacial score (nSPS) is 16.8. The van der Waals surface area contributed by atoms with Gasteiger partial charge in [0.15, 0.2) is 0 Å². The number of carbonyl (C=O) groups is 1. The van der Waals surface area contributed by atoms with Gasteiger partial charge in [-0.15, -0.1) is 8.58 Å². The van der Waals surface area contributed by atoms with E-state index >= 15 is 0 Å². The summed E-state index contributed by atoms with van der Waals surface area (Å²) in [5.41, 5.74) is 4.82. The lowest BCUT2D eigenvalue weighted by atomic mass is 9.59. The second-order valence-corrected chi connectivity index (χ2v) is 19.4. The number of allylic oxidation sites excluding steroid dienone is 1. The van der Waals surface area contributed by atoms with Gasteiger partial charge in [0.1, 0.15) is 28.5 Å². The van der Waals surface area contributed by atoms with Crippen LogP contribution in [-0.4, -0.2) is 104 Å². The summed E-state index contributed by atoms with van der Waals surface area (Å²) < 4.78 is 41.0. The van der Waals surface area contributed by atoms with Gasteiger partial charge in [-0.25, -0.2) is 18.1 Å². The highest BCUT2D eigenvalue weighted by Crippen LogP contribution is 2.55. The van der Waals surface area contributed by atoms with E-state index in [1.54, 1.807) is 18.3 Å². The van der Waals surface area contributed by atoms with Crippen LogP contribution < -0.4 is 19.7 Å². The zero-order valence-electron chi connectivity index (χ0n) is 34.5. The third-order valence-electron chi connectivity index (χ3n) is 12.1. The number of aromatic amines is 1. The predicted molar refractivity (Wildman–Crippen MR) is 244 cm³/mol. The Balaban J connectivity index is 0.989. The lowest BCUT2D eigenvalue weighted by Gasteiger charge is -2.47. The lowest BCUT2D eigenvalue weighted by Crippen LogP contribution is -2.47. The molecule has 1 aliphatic heterocycles. The van der Waals surface area contributed by atoms with E-state index in [0.29, 0.717) is 48.9 Å². The molecular formula is C44H50ClN8O7PS. The minimum atomic E-state index is -4.59. The minimum absolute atomic E-state index is 0.119. The van der Waals surface area contributed by atoms with Crippen molar-refractivity contribution in [1.82, 2.24) is 24.6 Å². The highest BCUT2D eigenvalue weighted by Gasteiger charge is 2.41. The Hall–Kier alpha value is -5.12. The van der Waals surface area contributed by atoms with Gasteiger partial charge in [-0.05, 0) is 110 Å². The molecule has 326 valence electrons. The summed E-state index contributed by atoms with van der Waals surface area (Å²) in [6.45, 7) is 7.10. The number of H-pyrrole nitrogens is 1. The molecule has 1 saturated heterocycles. The molecule has 8 rings (SSSR count). The van der Waals surface area contributed by atoms with Crippen molar-refractivity contribution in [3.8, 4) is 11.6 Å². The summed E-state index contributed by atoms with van der Waals surface area (Å²) in [5, 5.41) is 16.4. The van der Waals surface area contributed by atoms with Gasteiger partial charge in [0.05, 0.1) is 29.2 Å². The average molecular weight is 901 g/mol. The maximum atomic E-state index is 13.9. The highest BCUT2D eigenvalue weighted by molar-refractivity contribution is 7.90. The molecule has 1 atom stereocenters.